The molecule has 0 bridgehead atoms. The lowest BCUT2D eigenvalue weighted by atomic mass is 9.93. The van der Waals surface area contributed by atoms with E-state index in [-0.39, 0.29) is 12.4 Å². The minimum absolute atomic E-state index is 0.165. The van der Waals surface area contributed by atoms with E-state index in [2.05, 4.69) is 34.8 Å². The normalized spacial score (nSPS) is 17.0. The maximum absolute atomic E-state index is 13.7. The third-order valence-corrected chi connectivity index (χ3v) is 7.79. The summed E-state index contributed by atoms with van der Waals surface area (Å²) in [5.41, 5.74) is 3.43. The Kier molecular flexibility index (Phi) is 6.14. The molecule has 3 aromatic rings. The number of benzene rings is 2. The van der Waals surface area contributed by atoms with Gasteiger partial charge in [-0.05, 0) is 47.7 Å². The molecule has 35 heavy (non-hydrogen) atoms. The van der Waals surface area contributed by atoms with Gasteiger partial charge >= 0.3 is 5.97 Å². The van der Waals surface area contributed by atoms with Crippen molar-refractivity contribution in [1.29, 1.82) is 0 Å². The van der Waals surface area contributed by atoms with Crippen LogP contribution in [0.1, 0.15) is 49.4 Å². The molecule has 2 aliphatic rings. The Balaban J connectivity index is 1.70. The second kappa shape index (κ2) is 9.13. The second-order valence-electron chi connectivity index (χ2n) is 8.62. The predicted octanol–water partition coefficient (Wildman–Crippen LogP) is 4.02. The summed E-state index contributed by atoms with van der Waals surface area (Å²) in [7, 11) is 1.34. The summed E-state index contributed by atoms with van der Waals surface area (Å²) in [6.45, 7) is 6.18. The topological polar surface area (TPSA) is 79.1 Å². The Morgan fingerprint density at radius 1 is 1.23 bits per heavy atom. The van der Waals surface area contributed by atoms with Crippen molar-refractivity contribution in [3.63, 3.8) is 0 Å². The van der Waals surface area contributed by atoms with Crippen molar-refractivity contribution < 1.29 is 19.0 Å². The van der Waals surface area contributed by atoms with Crippen molar-refractivity contribution in [3.8, 4) is 11.5 Å². The number of fused-ring (bicyclic) bond motifs is 2. The van der Waals surface area contributed by atoms with Crippen molar-refractivity contribution in [2.75, 3.05) is 13.9 Å². The molecule has 7 nitrogen and oxygen atoms in total. The summed E-state index contributed by atoms with van der Waals surface area (Å²) in [5, 5.41) is 0. The molecule has 1 unspecified atom stereocenters. The zero-order chi connectivity index (χ0) is 24.9. The monoisotopic (exact) mass is 554 g/mol. The van der Waals surface area contributed by atoms with E-state index in [1.54, 1.807) is 17.6 Å². The molecule has 1 atom stereocenters. The highest BCUT2D eigenvalue weighted by Gasteiger charge is 2.33. The van der Waals surface area contributed by atoms with Crippen LogP contribution in [0.4, 0.5) is 0 Å². The first-order chi connectivity index (χ1) is 16.8. The van der Waals surface area contributed by atoms with Crippen LogP contribution >= 0.6 is 27.3 Å². The quantitative estimate of drug-likeness (QED) is 0.455. The van der Waals surface area contributed by atoms with Crippen molar-refractivity contribution in [1.82, 2.24) is 4.57 Å². The lowest BCUT2D eigenvalue weighted by molar-refractivity contribution is -0.136. The van der Waals surface area contributed by atoms with E-state index in [1.165, 1.54) is 24.0 Å². The van der Waals surface area contributed by atoms with E-state index in [4.69, 9.17) is 14.2 Å². The second-order valence-corrected chi connectivity index (χ2v) is 10.5. The van der Waals surface area contributed by atoms with Gasteiger partial charge in [0.25, 0.3) is 5.56 Å². The Morgan fingerprint density at radius 2 is 1.91 bits per heavy atom. The number of carbonyl (C=O) groups excluding carboxylic acids is 1. The van der Waals surface area contributed by atoms with Gasteiger partial charge in [0.1, 0.15) is 0 Å². The molecular weight excluding hydrogens is 532 g/mol. The summed E-state index contributed by atoms with van der Waals surface area (Å²) in [5.74, 6) is 1.14. The van der Waals surface area contributed by atoms with Gasteiger partial charge in [0.15, 0.2) is 16.3 Å². The van der Waals surface area contributed by atoms with E-state index in [1.807, 2.05) is 36.4 Å². The van der Waals surface area contributed by atoms with Gasteiger partial charge in [0.05, 0.1) is 29.0 Å². The molecule has 0 N–H and O–H groups in total. The number of halogens is 1. The Bertz CT molecular complexity index is 1550. The number of hydrogen-bond donors (Lipinski definition) is 0. The molecule has 0 saturated heterocycles. The van der Waals surface area contributed by atoms with Gasteiger partial charge in [-0.1, -0.05) is 65.4 Å². The van der Waals surface area contributed by atoms with Gasteiger partial charge in [-0.3, -0.25) is 9.36 Å². The maximum Gasteiger partial charge on any atom is 0.338 e. The van der Waals surface area contributed by atoms with E-state index >= 15 is 0 Å². The van der Waals surface area contributed by atoms with Gasteiger partial charge < -0.3 is 14.2 Å². The summed E-state index contributed by atoms with van der Waals surface area (Å²) in [6, 6.07) is 11.0. The third-order valence-electron chi connectivity index (χ3n) is 6.12. The van der Waals surface area contributed by atoms with Crippen LogP contribution in [0.25, 0.3) is 6.08 Å². The molecule has 2 aliphatic heterocycles. The lowest BCUT2D eigenvalue weighted by Gasteiger charge is -2.24. The Labute approximate surface area is 214 Å². The molecule has 2 aromatic carbocycles. The summed E-state index contributed by atoms with van der Waals surface area (Å²) < 4.78 is 18.9. The number of methoxy groups -OCH3 is 1. The van der Waals surface area contributed by atoms with Crippen LogP contribution in [-0.2, 0) is 9.53 Å². The zero-order valence-electron chi connectivity index (χ0n) is 19.6. The number of nitrogens with zero attached hydrogens (tertiary/aromatic N) is 2. The summed E-state index contributed by atoms with van der Waals surface area (Å²) >= 11 is 4.83. The van der Waals surface area contributed by atoms with Crippen molar-refractivity contribution in [2.45, 2.75) is 32.7 Å². The van der Waals surface area contributed by atoms with Gasteiger partial charge in [-0.25, -0.2) is 9.79 Å². The van der Waals surface area contributed by atoms with E-state index in [9.17, 15) is 9.59 Å². The van der Waals surface area contributed by atoms with Crippen LogP contribution in [-0.4, -0.2) is 24.4 Å². The third kappa shape index (κ3) is 4.12. The molecule has 9 heteroatoms. The molecule has 0 fully saturated rings. The first-order valence-corrected chi connectivity index (χ1v) is 12.7. The van der Waals surface area contributed by atoms with Crippen LogP contribution in [0, 0.1) is 0 Å². The number of carbonyl (C=O) groups is 1. The van der Waals surface area contributed by atoms with Crippen molar-refractivity contribution >= 4 is 39.3 Å². The largest absolute Gasteiger partial charge is 0.466 e. The first kappa shape index (κ1) is 23.6. The predicted molar refractivity (Wildman–Crippen MR) is 137 cm³/mol. The Hall–Kier alpha value is -3.17. The number of hydrogen-bond acceptors (Lipinski definition) is 7. The van der Waals surface area contributed by atoms with E-state index in [0.29, 0.717) is 38.0 Å². The number of allylic oxidation sites excluding steroid dienone is 1. The standard InChI is InChI=1S/C26H23BrN2O5S/c1-13(2)15-5-7-16(8-6-15)23-22(25(31)32-4)14(3)28-26-29(23)24(30)21(35-26)10-17-9-19-20(11-18(17)27)34-12-33-19/h5-11,13,23H,12H2,1-4H3/b21-10+. The SMILES string of the molecule is COC(=O)C1=C(C)N=c2s/c(=C/c3cc4c(cc3Br)OCO4)c(=O)n2C1c1ccc(C(C)C)cc1. The highest BCUT2D eigenvalue weighted by atomic mass is 79.9. The fourth-order valence-corrected chi connectivity index (χ4v) is 5.73. The van der Waals surface area contributed by atoms with Gasteiger partial charge in [0.2, 0.25) is 6.79 Å². The van der Waals surface area contributed by atoms with Gasteiger partial charge in [-0.15, -0.1) is 0 Å². The summed E-state index contributed by atoms with van der Waals surface area (Å²) in [6.07, 6.45) is 1.80. The average molecular weight is 555 g/mol. The average Bonchev–Trinajstić information content (AvgIpc) is 3.41. The molecule has 1 aromatic heterocycles. The Morgan fingerprint density at radius 3 is 2.57 bits per heavy atom. The molecule has 3 heterocycles. The van der Waals surface area contributed by atoms with Gasteiger partial charge in [-0.2, -0.15) is 0 Å². The smallest absolute Gasteiger partial charge is 0.338 e. The highest BCUT2D eigenvalue weighted by Crippen LogP contribution is 2.37. The van der Waals surface area contributed by atoms with Crippen molar-refractivity contribution in [2.24, 2.45) is 4.99 Å². The minimum atomic E-state index is -0.637. The number of esters is 1. The molecule has 0 aliphatic carbocycles. The molecular formula is C26H23BrN2O5S. The van der Waals surface area contributed by atoms with E-state index < -0.39 is 12.0 Å². The molecule has 0 saturated carbocycles. The molecule has 0 amide bonds. The fraction of sp³-hybridized carbons (Fsp3) is 0.269. The maximum atomic E-state index is 13.7. The van der Waals surface area contributed by atoms with Crippen LogP contribution in [0.3, 0.4) is 0 Å². The summed E-state index contributed by atoms with van der Waals surface area (Å²) in [4.78, 5) is 31.7. The van der Waals surface area contributed by atoms with Crippen LogP contribution in [0.5, 0.6) is 11.5 Å². The molecule has 5 rings (SSSR count). The van der Waals surface area contributed by atoms with Crippen molar-refractivity contribution in [3.05, 3.63) is 88.5 Å². The van der Waals surface area contributed by atoms with E-state index in [0.717, 1.165) is 15.6 Å². The number of thiazole rings is 1. The van der Waals surface area contributed by atoms with Crippen LogP contribution in [0.2, 0.25) is 0 Å². The van der Waals surface area contributed by atoms with Crippen LogP contribution < -0.4 is 24.4 Å². The molecule has 180 valence electrons. The number of rotatable bonds is 4. The number of aromatic nitrogens is 1. The van der Waals surface area contributed by atoms with Crippen LogP contribution in [0.15, 0.2) is 61.9 Å². The molecule has 0 spiro atoms. The minimum Gasteiger partial charge on any atom is -0.466 e. The first-order valence-electron chi connectivity index (χ1n) is 11.1. The highest BCUT2D eigenvalue weighted by molar-refractivity contribution is 9.10. The number of ether oxygens (including phenoxy) is 3. The lowest BCUT2D eigenvalue weighted by Crippen LogP contribution is -2.39. The fourth-order valence-electron chi connectivity index (χ4n) is 4.26. The zero-order valence-corrected chi connectivity index (χ0v) is 22.0. The molecule has 0 radical (unpaired) electrons. The van der Waals surface area contributed by atoms with Gasteiger partial charge in [0, 0.05) is 4.47 Å².